The maximum atomic E-state index is 5.42. The van der Waals surface area contributed by atoms with Gasteiger partial charge in [0.25, 0.3) is 0 Å². The summed E-state index contributed by atoms with van der Waals surface area (Å²) in [5.74, 6) is 1.80. The number of rotatable bonds is 3. The Morgan fingerprint density at radius 1 is 1.62 bits per heavy atom. The molecule has 0 bridgehead atoms. The molecule has 0 N–H and O–H groups in total. The van der Waals surface area contributed by atoms with E-state index in [-0.39, 0.29) is 0 Å². The monoisotopic (exact) mass is 291 g/mol. The molecular formula is C10H14INO. The SMILES string of the molecule is ICCN1CCC(c2ccco2)C1. The minimum absolute atomic E-state index is 0.637. The molecule has 1 aromatic heterocycles. The molecule has 0 aromatic carbocycles. The second kappa shape index (κ2) is 4.46. The van der Waals surface area contributed by atoms with E-state index in [4.69, 9.17) is 4.42 Å². The van der Waals surface area contributed by atoms with Crippen molar-refractivity contribution in [2.75, 3.05) is 24.1 Å². The lowest BCUT2D eigenvalue weighted by Gasteiger charge is -2.12. The van der Waals surface area contributed by atoms with Crippen molar-refractivity contribution in [3.05, 3.63) is 24.2 Å². The average molecular weight is 291 g/mol. The summed E-state index contributed by atoms with van der Waals surface area (Å²) in [4.78, 5) is 2.51. The van der Waals surface area contributed by atoms with Gasteiger partial charge in [-0.1, -0.05) is 22.6 Å². The van der Waals surface area contributed by atoms with E-state index in [1.807, 2.05) is 6.07 Å². The number of likely N-dealkylation sites (tertiary alicyclic amines) is 1. The summed E-state index contributed by atoms with van der Waals surface area (Å²) >= 11 is 2.43. The summed E-state index contributed by atoms with van der Waals surface area (Å²) < 4.78 is 6.64. The van der Waals surface area contributed by atoms with Crippen LogP contribution in [0.2, 0.25) is 0 Å². The second-order valence-corrected chi connectivity index (χ2v) is 4.57. The predicted octanol–water partition coefficient (Wildman–Crippen LogP) is 2.50. The van der Waals surface area contributed by atoms with Gasteiger partial charge in [0, 0.05) is 23.4 Å². The van der Waals surface area contributed by atoms with Crippen LogP contribution in [0.5, 0.6) is 0 Å². The number of nitrogens with zero attached hydrogens (tertiary/aromatic N) is 1. The quantitative estimate of drug-likeness (QED) is 0.628. The van der Waals surface area contributed by atoms with Crippen LogP contribution in [0.25, 0.3) is 0 Å². The summed E-state index contributed by atoms with van der Waals surface area (Å²) in [5, 5.41) is 0. The maximum absolute atomic E-state index is 5.42. The van der Waals surface area contributed by atoms with Gasteiger partial charge >= 0.3 is 0 Å². The van der Waals surface area contributed by atoms with Gasteiger partial charge in [0.1, 0.15) is 5.76 Å². The Morgan fingerprint density at radius 3 is 3.23 bits per heavy atom. The number of alkyl halides is 1. The molecule has 13 heavy (non-hydrogen) atoms. The van der Waals surface area contributed by atoms with Crippen LogP contribution in [0.1, 0.15) is 18.1 Å². The average Bonchev–Trinajstić information content (AvgIpc) is 2.70. The summed E-state index contributed by atoms with van der Waals surface area (Å²) in [6.07, 6.45) is 3.03. The first-order chi connectivity index (χ1) is 6.40. The summed E-state index contributed by atoms with van der Waals surface area (Å²) in [5.41, 5.74) is 0. The lowest BCUT2D eigenvalue weighted by molar-refractivity contribution is 0.351. The van der Waals surface area contributed by atoms with E-state index >= 15 is 0 Å². The lowest BCUT2D eigenvalue weighted by Crippen LogP contribution is -2.22. The summed E-state index contributed by atoms with van der Waals surface area (Å²) in [6, 6.07) is 4.08. The molecule has 1 saturated heterocycles. The van der Waals surface area contributed by atoms with Gasteiger partial charge < -0.3 is 9.32 Å². The zero-order valence-corrected chi connectivity index (χ0v) is 9.74. The molecule has 0 amide bonds. The summed E-state index contributed by atoms with van der Waals surface area (Å²) in [7, 11) is 0. The zero-order chi connectivity index (χ0) is 9.10. The molecule has 0 aliphatic carbocycles. The van der Waals surface area contributed by atoms with Crippen LogP contribution in [0.15, 0.2) is 22.8 Å². The Labute approximate surface area is 92.4 Å². The molecule has 1 unspecified atom stereocenters. The number of hydrogen-bond acceptors (Lipinski definition) is 2. The summed E-state index contributed by atoms with van der Waals surface area (Å²) in [6.45, 7) is 3.63. The van der Waals surface area contributed by atoms with Gasteiger partial charge in [-0.15, -0.1) is 0 Å². The maximum Gasteiger partial charge on any atom is 0.108 e. The van der Waals surface area contributed by atoms with Gasteiger partial charge in [-0.3, -0.25) is 0 Å². The first-order valence-electron chi connectivity index (χ1n) is 4.72. The van der Waals surface area contributed by atoms with E-state index in [1.54, 1.807) is 6.26 Å². The lowest BCUT2D eigenvalue weighted by atomic mass is 10.1. The molecule has 1 aliphatic heterocycles. The van der Waals surface area contributed by atoms with E-state index in [9.17, 15) is 0 Å². The third-order valence-electron chi connectivity index (χ3n) is 2.62. The van der Waals surface area contributed by atoms with Crippen molar-refractivity contribution in [1.29, 1.82) is 0 Å². The van der Waals surface area contributed by atoms with Gasteiger partial charge in [-0.25, -0.2) is 0 Å². The van der Waals surface area contributed by atoms with Crippen LogP contribution < -0.4 is 0 Å². The standard InChI is InChI=1S/C10H14INO/c11-4-6-12-5-3-9(8-12)10-2-1-7-13-10/h1-2,7,9H,3-6,8H2. The third-order valence-corrected chi connectivity index (χ3v) is 3.10. The van der Waals surface area contributed by atoms with Crippen LogP contribution in [0, 0.1) is 0 Å². The highest BCUT2D eigenvalue weighted by Gasteiger charge is 2.24. The Kier molecular flexibility index (Phi) is 3.27. The highest BCUT2D eigenvalue weighted by Crippen LogP contribution is 2.26. The van der Waals surface area contributed by atoms with Crippen LogP contribution in [-0.2, 0) is 0 Å². The Bertz CT molecular complexity index is 247. The molecule has 2 nitrogen and oxygen atoms in total. The first-order valence-corrected chi connectivity index (χ1v) is 6.24. The third kappa shape index (κ3) is 2.26. The first kappa shape index (κ1) is 9.52. The number of hydrogen-bond donors (Lipinski definition) is 0. The molecule has 72 valence electrons. The largest absolute Gasteiger partial charge is 0.469 e. The van der Waals surface area contributed by atoms with Gasteiger partial charge in [0.2, 0.25) is 0 Å². The van der Waals surface area contributed by atoms with Crippen LogP contribution in [-0.4, -0.2) is 29.0 Å². The molecule has 2 heterocycles. The fraction of sp³-hybridized carbons (Fsp3) is 0.600. The van der Waals surface area contributed by atoms with Gasteiger partial charge in [0.15, 0.2) is 0 Å². The van der Waals surface area contributed by atoms with Crippen molar-refractivity contribution in [1.82, 2.24) is 4.90 Å². The molecule has 1 atom stereocenters. The van der Waals surface area contributed by atoms with Crippen molar-refractivity contribution in [3.63, 3.8) is 0 Å². The van der Waals surface area contributed by atoms with E-state index < -0.39 is 0 Å². The Morgan fingerprint density at radius 2 is 2.54 bits per heavy atom. The Balaban J connectivity index is 1.91. The van der Waals surface area contributed by atoms with Gasteiger partial charge in [0.05, 0.1) is 6.26 Å². The molecule has 0 saturated carbocycles. The zero-order valence-electron chi connectivity index (χ0n) is 7.58. The molecule has 1 aliphatic rings. The van der Waals surface area contributed by atoms with Crippen LogP contribution in [0.4, 0.5) is 0 Å². The molecule has 1 aromatic rings. The highest BCUT2D eigenvalue weighted by atomic mass is 127. The van der Waals surface area contributed by atoms with E-state index in [0.29, 0.717) is 5.92 Å². The van der Waals surface area contributed by atoms with E-state index in [1.165, 1.54) is 30.5 Å². The smallest absolute Gasteiger partial charge is 0.108 e. The van der Waals surface area contributed by atoms with Crippen molar-refractivity contribution in [2.24, 2.45) is 0 Å². The van der Waals surface area contributed by atoms with Gasteiger partial charge in [-0.2, -0.15) is 0 Å². The fourth-order valence-corrected chi connectivity index (χ4v) is 2.59. The molecule has 3 heteroatoms. The molecule has 2 rings (SSSR count). The minimum Gasteiger partial charge on any atom is -0.469 e. The fourth-order valence-electron chi connectivity index (χ4n) is 1.91. The molecule has 1 fully saturated rings. The van der Waals surface area contributed by atoms with Crippen molar-refractivity contribution >= 4 is 22.6 Å². The van der Waals surface area contributed by atoms with Gasteiger partial charge in [-0.05, 0) is 25.1 Å². The van der Waals surface area contributed by atoms with E-state index in [2.05, 4.69) is 33.6 Å². The van der Waals surface area contributed by atoms with Crippen LogP contribution >= 0.6 is 22.6 Å². The molecular weight excluding hydrogens is 277 g/mol. The Hall–Kier alpha value is -0.0300. The highest BCUT2D eigenvalue weighted by molar-refractivity contribution is 14.1. The van der Waals surface area contributed by atoms with Crippen molar-refractivity contribution < 1.29 is 4.42 Å². The van der Waals surface area contributed by atoms with Crippen molar-refractivity contribution in [3.8, 4) is 0 Å². The topological polar surface area (TPSA) is 16.4 Å². The second-order valence-electron chi connectivity index (χ2n) is 3.49. The molecule has 0 radical (unpaired) electrons. The van der Waals surface area contributed by atoms with E-state index in [0.717, 1.165) is 5.76 Å². The minimum atomic E-state index is 0.637. The van der Waals surface area contributed by atoms with Crippen molar-refractivity contribution in [2.45, 2.75) is 12.3 Å². The number of furan rings is 1. The van der Waals surface area contributed by atoms with Crippen LogP contribution in [0.3, 0.4) is 0 Å². The number of halogens is 1. The molecule has 0 spiro atoms. The normalized spacial score (nSPS) is 23.9. The predicted molar refractivity (Wildman–Crippen MR) is 61.4 cm³/mol.